The van der Waals surface area contributed by atoms with Crippen LogP contribution < -0.4 is 0 Å². The minimum Gasteiger partial charge on any atom is -0.369 e. The molecular formula is C6H6F6O. The first kappa shape index (κ1) is 10.6. The first-order valence-electron chi connectivity index (χ1n) is 3.35. The Bertz CT molecular complexity index is 179. The summed E-state index contributed by atoms with van der Waals surface area (Å²) >= 11 is 0. The van der Waals surface area contributed by atoms with E-state index in [0.717, 1.165) is 6.92 Å². The number of hydrogen-bond acceptors (Lipinski definition) is 1. The standard InChI is InChI=1S/C6H6F6O/c1-4(2-13-4)3(5(7,8)9)6(10,11)12/h3H,2H2,1H3. The van der Waals surface area contributed by atoms with Crippen LogP contribution in [-0.4, -0.2) is 24.6 Å². The first-order chi connectivity index (χ1) is 5.57. The van der Waals surface area contributed by atoms with E-state index in [2.05, 4.69) is 4.74 Å². The van der Waals surface area contributed by atoms with E-state index >= 15 is 0 Å². The molecule has 1 saturated heterocycles. The lowest BCUT2D eigenvalue weighted by Gasteiger charge is -2.25. The molecule has 1 rings (SSSR count). The van der Waals surface area contributed by atoms with Gasteiger partial charge >= 0.3 is 12.4 Å². The van der Waals surface area contributed by atoms with Crippen molar-refractivity contribution in [3.63, 3.8) is 0 Å². The lowest BCUT2D eigenvalue weighted by Crippen LogP contribution is -2.45. The molecule has 1 atom stereocenters. The van der Waals surface area contributed by atoms with Crippen molar-refractivity contribution in [1.29, 1.82) is 0 Å². The van der Waals surface area contributed by atoms with Gasteiger partial charge in [-0.2, -0.15) is 26.3 Å². The van der Waals surface area contributed by atoms with E-state index in [1.54, 1.807) is 0 Å². The van der Waals surface area contributed by atoms with Crippen molar-refractivity contribution in [3.05, 3.63) is 0 Å². The fourth-order valence-electron chi connectivity index (χ4n) is 1.16. The molecule has 0 amide bonds. The smallest absolute Gasteiger partial charge is 0.369 e. The molecule has 1 fully saturated rings. The molecule has 0 aromatic heterocycles. The van der Waals surface area contributed by atoms with E-state index in [1.165, 1.54) is 0 Å². The van der Waals surface area contributed by atoms with Crippen LogP contribution in [0.15, 0.2) is 0 Å². The zero-order valence-corrected chi connectivity index (χ0v) is 6.46. The van der Waals surface area contributed by atoms with Gasteiger partial charge in [0.05, 0.1) is 6.61 Å². The molecule has 0 aliphatic carbocycles. The molecule has 0 aromatic carbocycles. The second-order valence-corrected chi connectivity index (χ2v) is 3.12. The minimum atomic E-state index is -5.30. The number of hydrogen-bond donors (Lipinski definition) is 0. The maximum absolute atomic E-state index is 12.0. The Morgan fingerprint density at radius 1 is 1.08 bits per heavy atom. The van der Waals surface area contributed by atoms with E-state index < -0.39 is 30.5 Å². The van der Waals surface area contributed by atoms with Crippen molar-refractivity contribution in [2.45, 2.75) is 24.9 Å². The maximum atomic E-state index is 12.0. The van der Waals surface area contributed by atoms with Crippen LogP contribution in [0.1, 0.15) is 6.92 Å². The monoisotopic (exact) mass is 208 g/mol. The van der Waals surface area contributed by atoms with E-state index in [0.29, 0.717) is 0 Å². The van der Waals surface area contributed by atoms with Crippen LogP contribution in [0.3, 0.4) is 0 Å². The highest BCUT2D eigenvalue weighted by molar-refractivity contribution is 5.00. The van der Waals surface area contributed by atoms with Gasteiger partial charge in [0.15, 0.2) is 5.92 Å². The Kier molecular flexibility index (Phi) is 2.06. The Balaban J connectivity index is 2.91. The zero-order chi connectivity index (χ0) is 10.5. The Labute approximate surface area is 69.7 Å². The summed E-state index contributed by atoms with van der Waals surface area (Å²) < 4.78 is 75.9. The maximum Gasteiger partial charge on any atom is 0.403 e. The predicted octanol–water partition coefficient (Wildman–Crippen LogP) is 2.52. The molecule has 1 nitrogen and oxygen atoms in total. The summed E-state index contributed by atoms with van der Waals surface area (Å²) in [6.45, 7) is 0.301. The average Bonchev–Trinajstić information content (AvgIpc) is 2.37. The summed E-state index contributed by atoms with van der Waals surface area (Å²) in [4.78, 5) is 0. The van der Waals surface area contributed by atoms with Crippen molar-refractivity contribution in [2.24, 2.45) is 5.92 Å². The van der Waals surface area contributed by atoms with Crippen molar-refractivity contribution >= 4 is 0 Å². The molecule has 1 aliphatic rings. The molecule has 1 unspecified atom stereocenters. The summed E-state index contributed by atoms with van der Waals surface area (Å²) in [5.41, 5.74) is -2.11. The van der Waals surface area contributed by atoms with Crippen LogP contribution >= 0.6 is 0 Å². The number of rotatable bonds is 1. The molecule has 0 radical (unpaired) electrons. The normalized spacial score (nSPS) is 29.5. The third-order valence-electron chi connectivity index (χ3n) is 1.86. The second kappa shape index (κ2) is 2.52. The number of alkyl halides is 6. The Morgan fingerprint density at radius 2 is 1.38 bits per heavy atom. The fraction of sp³-hybridized carbons (Fsp3) is 1.00. The quantitative estimate of drug-likeness (QED) is 0.476. The lowest BCUT2D eigenvalue weighted by molar-refractivity contribution is -0.298. The predicted molar refractivity (Wildman–Crippen MR) is 30.0 cm³/mol. The third kappa shape index (κ3) is 2.07. The van der Waals surface area contributed by atoms with Crippen molar-refractivity contribution in [1.82, 2.24) is 0 Å². The molecule has 0 N–H and O–H groups in total. The summed E-state index contributed by atoms with van der Waals surface area (Å²) in [6, 6.07) is 0. The molecule has 0 bridgehead atoms. The van der Waals surface area contributed by atoms with Crippen LogP contribution in [0.25, 0.3) is 0 Å². The molecule has 0 spiro atoms. The topological polar surface area (TPSA) is 12.5 Å². The van der Waals surface area contributed by atoms with E-state index in [1.807, 2.05) is 0 Å². The molecule has 0 aromatic rings. The molecule has 1 heterocycles. The summed E-state index contributed by atoms with van der Waals surface area (Å²) in [7, 11) is 0. The Morgan fingerprint density at radius 3 is 1.46 bits per heavy atom. The molecular weight excluding hydrogens is 202 g/mol. The fourth-order valence-corrected chi connectivity index (χ4v) is 1.16. The molecule has 13 heavy (non-hydrogen) atoms. The van der Waals surface area contributed by atoms with E-state index in [4.69, 9.17) is 0 Å². The highest BCUT2D eigenvalue weighted by Gasteiger charge is 2.70. The highest BCUT2D eigenvalue weighted by atomic mass is 19.4. The van der Waals surface area contributed by atoms with E-state index in [-0.39, 0.29) is 0 Å². The summed E-state index contributed by atoms with van der Waals surface area (Å²) in [5, 5.41) is 0. The van der Waals surface area contributed by atoms with Crippen molar-refractivity contribution in [3.8, 4) is 0 Å². The van der Waals surface area contributed by atoms with Gasteiger partial charge in [0, 0.05) is 0 Å². The van der Waals surface area contributed by atoms with E-state index in [9.17, 15) is 26.3 Å². The lowest BCUT2D eigenvalue weighted by atomic mass is 9.93. The zero-order valence-electron chi connectivity index (χ0n) is 6.46. The van der Waals surface area contributed by atoms with Gasteiger partial charge in [-0.15, -0.1) is 0 Å². The van der Waals surface area contributed by atoms with Crippen molar-refractivity contribution < 1.29 is 31.1 Å². The molecule has 0 saturated carbocycles. The van der Waals surface area contributed by atoms with Crippen LogP contribution in [0.4, 0.5) is 26.3 Å². The van der Waals surface area contributed by atoms with Gasteiger partial charge in [0.1, 0.15) is 5.60 Å². The molecule has 1 aliphatic heterocycles. The molecule has 78 valence electrons. The Hall–Kier alpha value is -0.460. The van der Waals surface area contributed by atoms with Gasteiger partial charge in [-0.3, -0.25) is 0 Å². The number of halogens is 6. The third-order valence-corrected chi connectivity index (χ3v) is 1.86. The summed E-state index contributed by atoms with van der Waals surface area (Å²) in [6.07, 6.45) is -10.6. The first-order valence-corrected chi connectivity index (χ1v) is 3.35. The molecule has 7 heteroatoms. The van der Waals surface area contributed by atoms with Crippen LogP contribution in [0, 0.1) is 5.92 Å². The van der Waals surface area contributed by atoms with Gasteiger partial charge in [0.25, 0.3) is 0 Å². The van der Waals surface area contributed by atoms with Crippen molar-refractivity contribution in [2.75, 3.05) is 6.61 Å². The number of ether oxygens (including phenoxy) is 1. The van der Waals surface area contributed by atoms with Crippen LogP contribution in [-0.2, 0) is 4.74 Å². The largest absolute Gasteiger partial charge is 0.403 e. The van der Waals surface area contributed by atoms with Crippen LogP contribution in [0.2, 0.25) is 0 Å². The van der Waals surface area contributed by atoms with Gasteiger partial charge in [-0.05, 0) is 6.92 Å². The highest BCUT2D eigenvalue weighted by Crippen LogP contribution is 2.51. The summed E-state index contributed by atoms with van der Waals surface area (Å²) in [5.74, 6) is -3.38. The van der Waals surface area contributed by atoms with Gasteiger partial charge in [-0.25, -0.2) is 0 Å². The van der Waals surface area contributed by atoms with Gasteiger partial charge < -0.3 is 4.74 Å². The van der Waals surface area contributed by atoms with Gasteiger partial charge in [-0.1, -0.05) is 0 Å². The SMILES string of the molecule is CC1(C(C(F)(F)F)C(F)(F)F)CO1. The number of epoxide rings is 1. The minimum absolute atomic E-state index is 0.503. The van der Waals surface area contributed by atoms with Crippen LogP contribution in [0.5, 0.6) is 0 Å². The second-order valence-electron chi connectivity index (χ2n) is 3.12. The average molecular weight is 208 g/mol. The van der Waals surface area contributed by atoms with Gasteiger partial charge in [0.2, 0.25) is 0 Å².